The van der Waals surface area contributed by atoms with Gasteiger partial charge in [0.15, 0.2) is 5.60 Å². The van der Waals surface area contributed by atoms with Crippen molar-refractivity contribution < 1.29 is 32.2 Å². The van der Waals surface area contributed by atoms with Crippen molar-refractivity contribution in [3.05, 3.63) is 53.8 Å². The SMILES string of the molecule is COc1ccc(F)cc1C(C)(C)CC(O)(CN1CCN(CC=O)c2ccccc21)C(F)(F)F. The third-order valence-electron chi connectivity index (χ3n) is 6.10. The maximum Gasteiger partial charge on any atom is 0.418 e. The van der Waals surface area contributed by atoms with Crippen molar-refractivity contribution in [2.24, 2.45) is 0 Å². The molecule has 0 fully saturated rings. The van der Waals surface area contributed by atoms with Crippen LogP contribution in [0.2, 0.25) is 0 Å². The van der Waals surface area contributed by atoms with E-state index < -0.39 is 36.0 Å². The maximum atomic E-state index is 14.3. The Bertz CT molecular complexity index is 996. The zero-order valence-electron chi connectivity index (χ0n) is 18.8. The molecule has 0 aliphatic carbocycles. The van der Waals surface area contributed by atoms with Crippen LogP contribution in [0.15, 0.2) is 42.5 Å². The Labute approximate surface area is 190 Å². The summed E-state index contributed by atoms with van der Waals surface area (Å²) in [5.74, 6) is -0.353. The number of halogens is 4. The van der Waals surface area contributed by atoms with Gasteiger partial charge in [0.1, 0.15) is 17.9 Å². The van der Waals surface area contributed by atoms with Crippen LogP contribution in [0, 0.1) is 5.82 Å². The van der Waals surface area contributed by atoms with E-state index in [-0.39, 0.29) is 24.4 Å². The summed E-state index contributed by atoms with van der Waals surface area (Å²) in [6.07, 6.45) is -4.91. The highest BCUT2D eigenvalue weighted by atomic mass is 19.4. The van der Waals surface area contributed by atoms with Crippen molar-refractivity contribution in [1.29, 1.82) is 0 Å². The quantitative estimate of drug-likeness (QED) is 0.462. The summed E-state index contributed by atoms with van der Waals surface area (Å²) >= 11 is 0. The van der Waals surface area contributed by atoms with Crippen LogP contribution >= 0.6 is 0 Å². The van der Waals surface area contributed by atoms with E-state index in [9.17, 15) is 27.5 Å². The monoisotopic (exact) mass is 468 g/mol. The van der Waals surface area contributed by atoms with Crippen molar-refractivity contribution in [1.82, 2.24) is 0 Å². The lowest BCUT2D eigenvalue weighted by molar-refractivity contribution is -0.262. The Morgan fingerprint density at radius 1 is 1.06 bits per heavy atom. The van der Waals surface area contributed by atoms with Crippen LogP contribution in [0.5, 0.6) is 5.75 Å². The largest absolute Gasteiger partial charge is 0.496 e. The van der Waals surface area contributed by atoms with Gasteiger partial charge in [0, 0.05) is 18.7 Å². The average Bonchev–Trinajstić information content (AvgIpc) is 2.74. The highest BCUT2D eigenvalue weighted by Crippen LogP contribution is 2.45. The van der Waals surface area contributed by atoms with Crippen LogP contribution in [0.25, 0.3) is 0 Å². The number of rotatable bonds is 8. The summed E-state index contributed by atoms with van der Waals surface area (Å²) < 4.78 is 62.1. The molecule has 0 amide bonds. The van der Waals surface area contributed by atoms with E-state index in [1.165, 1.54) is 38.0 Å². The number of carbonyl (C=O) groups excluding carboxylic acids is 1. The summed E-state index contributed by atoms with van der Waals surface area (Å²) in [6.45, 7) is 3.01. The standard InChI is InChI=1S/C24H28F4N2O3/c1-22(2,18-14-17(25)8-9-21(18)33-3)15-23(32,24(26,27)28)16-30-11-10-29(12-13-31)19-6-4-5-7-20(19)30/h4-9,13-14,32H,10-12,15-16H2,1-3H3. The van der Waals surface area contributed by atoms with Gasteiger partial charge >= 0.3 is 6.18 Å². The number of nitrogens with zero attached hydrogens (tertiary/aromatic N) is 2. The lowest BCUT2D eigenvalue weighted by Gasteiger charge is -2.44. The number of anilines is 2. The molecule has 0 saturated carbocycles. The Hall–Kier alpha value is -2.81. The molecular formula is C24H28F4N2O3. The molecule has 1 N–H and O–H groups in total. The van der Waals surface area contributed by atoms with Gasteiger partial charge in [0.05, 0.1) is 31.6 Å². The van der Waals surface area contributed by atoms with Gasteiger partial charge in [-0.2, -0.15) is 13.2 Å². The second-order valence-corrected chi connectivity index (χ2v) is 8.96. The third kappa shape index (κ3) is 5.08. The van der Waals surface area contributed by atoms with Crippen molar-refractivity contribution in [2.75, 3.05) is 43.1 Å². The van der Waals surface area contributed by atoms with Crippen LogP contribution in [-0.2, 0) is 10.2 Å². The molecule has 1 unspecified atom stereocenters. The number of carbonyl (C=O) groups is 1. The van der Waals surface area contributed by atoms with Crippen molar-refractivity contribution in [3.8, 4) is 5.75 Å². The molecule has 0 bridgehead atoms. The first kappa shape index (κ1) is 24.8. The molecule has 180 valence electrons. The minimum Gasteiger partial charge on any atom is -0.496 e. The fourth-order valence-corrected chi connectivity index (χ4v) is 4.52. The van der Waals surface area contributed by atoms with Crippen LogP contribution in [0.4, 0.5) is 28.9 Å². The first-order chi connectivity index (χ1) is 15.4. The van der Waals surface area contributed by atoms with E-state index >= 15 is 0 Å². The minimum atomic E-state index is -4.94. The highest BCUT2D eigenvalue weighted by molar-refractivity contribution is 5.76. The highest BCUT2D eigenvalue weighted by Gasteiger charge is 2.57. The fraction of sp³-hybridized carbons (Fsp3) is 0.458. The number of benzene rings is 2. The lowest BCUT2D eigenvalue weighted by atomic mass is 9.74. The van der Waals surface area contributed by atoms with E-state index in [0.717, 1.165) is 12.4 Å². The molecular weight excluding hydrogens is 440 g/mol. The predicted octanol–water partition coefficient (Wildman–Crippen LogP) is 4.32. The van der Waals surface area contributed by atoms with Crippen LogP contribution in [-0.4, -0.2) is 56.5 Å². The van der Waals surface area contributed by atoms with Gasteiger partial charge in [-0.1, -0.05) is 26.0 Å². The molecule has 1 heterocycles. The molecule has 5 nitrogen and oxygen atoms in total. The molecule has 2 aromatic rings. The van der Waals surface area contributed by atoms with Crippen LogP contribution in [0.3, 0.4) is 0 Å². The smallest absolute Gasteiger partial charge is 0.418 e. The number of aldehydes is 1. The Balaban J connectivity index is 1.97. The number of aliphatic hydroxyl groups is 1. The summed E-state index contributed by atoms with van der Waals surface area (Å²) in [6, 6.07) is 10.5. The van der Waals surface area contributed by atoms with Gasteiger partial charge in [-0.3, -0.25) is 0 Å². The number of para-hydroxylation sites is 2. The zero-order chi connectivity index (χ0) is 24.4. The average molecular weight is 468 g/mol. The van der Waals surface area contributed by atoms with Crippen molar-refractivity contribution in [3.63, 3.8) is 0 Å². The number of methoxy groups -OCH3 is 1. The number of ether oxygens (including phenoxy) is 1. The topological polar surface area (TPSA) is 53.0 Å². The fourth-order valence-electron chi connectivity index (χ4n) is 4.52. The molecule has 33 heavy (non-hydrogen) atoms. The van der Waals surface area contributed by atoms with Gasteiger partial charge in [-0.25, -0.2) is 4.39 Å². The molecule has 1 atom stereocenters. The van der Waals surface area contributed by atoms with E-state index in [1.54, 1.807) is 29.2 Å². The molecule has 3 rings (SSSR count). The van der Waals surface area contributed by atoms with Gasteiger partial charge in [-0.05, 0) is 42.2 Å². The molecule has 1 aliphatic heterocycles. The second-order valence-electron chi connectivity index (χ2n) is 8.96. The lowest BCUT2D eigenvalue weighted by Crippen LogP contribution is -2.58. The van der Waals surface area contributed by atoms with Crippen LogP contribution < -0.4 is 14.5 Å². The molecule has 0 aromatic heterocycles. The first-order valence-electron chi connectivity index (χ1n) is 10.6. The van der Waals surface area contributed by atoms with Gasteiger partial charge in [-0.15, -0.1) is 0 Å². The molecule has 0 saturated heterocycles. The van der Waals surface area contributed by atoms with E-state index in [0.29, 0.717) is 17.9 Å². The molecule has 2 aromatic carbocycles. The Morgan fingerprint density at radius 3 is 2.24 bits per heavy atom. The summed E-state index contributed by atoms with van der Waals surface area (Å²) in [5, 5.41) is 11.1. The Morgan fingerprint density at radius 2 is 1.67 bits per heavy atom. The van der Waals surface area contributed by atoms with Crippen molar-refractivity contribution in [2.45, 2.75) is 37.5 Å². The second kappa shape index (κ2) is 9.21. The summed E-state index contributed by atoms with van der Waals surface area (Å²) in [5.41, 5.74) is -2.98. The molecule has 9 heteroatoms. The Kier molecular flexibility index (Phi) is 6.93. The van der Waals surface area contributed by atoms with Gasteiger partial charge in [0.25, 0.3) is 0 Å². The minimum absolute atomic E-state index is 0.126. The van der Waals surface area contributed by atoms with E-state index in [2.05, 4.69) is 0 Å². The first-order valence-corrected chi connectivity index (χ1v) is 10.6. The van der Waals surface area contributed by atoms with Crippen molar-refractivity contribution >= 4 is 17.7 Å². The van der Waals surface area contributed by atoms with Crippen LogP contribution in [0.1, 0.15) is 25.8 Å². The predicted molar refractivity (Wildman–Crippen MR) is 119 cm³/mol. The zero-order valence-corrected chi connectivity index (χ0v) is 18.8. The third-order valence-corrected chi connectivity index (χ3v) is 6.10. The number of hydrogen-bond acceptors (Lipinski definition) is 5. The van der Waals surface area contributed by atoms with E-state index in [4.69, 9.17) is 4.74 Å². The van der Waals surface area contributed by atoms with Gasteiger partial charge < -0.3 is 24.4 Å². The normalized spacial score (nSPS) is 16.2. The summed E-state index contributed by atoms with van der Waals surface area (Å²) in [4.78, 5) is 14.3. The maximum absolute atomic E-state index is 14.3. The molecule has 0 radical (unpaired) electrons. The number of β-amino-alcohol motifs (C(OH)–C–C–N with tert-alkyl or cyclic N) is 1. The molecule has 1 aliphatic rings. The number of hydrogen-bond donors (Lipinski definition) is 1. The summed E-state index contributed by atoms with van der Waals surface area (Å²) in [7, 11) is 1.36. The van der Waals surface area contributed by atoms with Gasteiger partial charge in [0.2, 0.25) is 0 Å². The molecule has 0 spiro atoms. The van der Waals surface area contributed by atoms with E-state index in [1.807, 2.05) is 0 Å². The number of alkyl halides is 3. The number of fused-ring (bicyclic) bond motifs is 1.